The van der Waals surface area contributed by atoms with Crippen molar-refractivity contribution in [3.63, 3.8) is 0 Å². The van der Waals surface area contributed by atoms with E-state index < -0.39 is 0 Å². The van der Waals surface area contributed by atoms with Crippen LogP contribution in [0.25, 0.3) is 126 Å². The third kappa shape index (κ3) is 5.63. The van der Waals surface area contributed by atoms with E-state index in [1.807, 2.05) is 30.5 Å². The van der Waals surface area contributed by atoms with E-state index in [1.165, 1.54) is 81.9 Å². The maximum atomic E-state index is 9.72. The molecule has 0 bridgehead atoms. The standard InChI is InChI=1S/C60H35N3/c61-36-37-11-25-54-55-26-24-45(35-57(55)63(56(54)28-37)52-8-2-1-3-9-52)43-17-16-42-30-44(19-18-41(42)29-43)51-33-48-22-20-46-31-50(32-47-21-23-49(34-51)59(48)58(46)47)38-12-14-39(15-13-38)53-10-4-6-40-7-5-27-62-60(40)53/h1-35H. The van der Waals surface area contributed by atoms with E-state index in [1.54, 1.807) is 0 Å². The fourth-order valence-corrected chi connectivity index (χ4v) is 10.1. The summed E-state index contributed by atoms with van der Waals surface area (Å²) in [6.45, 7) is 0. The smallest absolute Gasteiger partial charge is 0.0992 e. The summed E-state index contributed by atoms with van der Waals surface area (Å²) in [4.78, 5) is 4.68. The van der Waals surface area contributed by atoms with Crippen molar-refractivity contribution in [1.82, 2.24) is 9.55 Å². The molecule has 0 atom stereocenters. The van der Waals surface area contributed by atoms with E-state index in [4.69, 9.17) is 0 Å². The van der Waals surface area contributed by atoms with Crippen LogP contribution in [-0.2, 0) is 0 Å². The van der Waals surface area contributed by atoms with Gasteiger partial charge in [-0.15, -0.1) is 0 Å². The van der Waals surface area contributed by atoms with E-state index in [2.05, 4.69) is 198 Å². The highest BCUT2D eigenvalue weighted by atomic mass is 15.0. The van der Waals surface area contributed by atoms with Gasteiger partial charge in [-0.05, 0) is 155 Å². The van der Waals surface area contributed by atoms with Crippen LogP contribution in [0.1, 0.15) is 5.56 Å². The van der Waals surface area contributed by atoms with E-state index >= 15 is 0 Å². The predicted octanol–water partition coefficient (Wildman–Crippen LogP) is 15.9. The summed E-state index contributed by atoms with van der Waals surface area (Å²) < 4.78 is 2.28. The van der Waals surface area contributed by atoms with Crippen LogP contribution in [-0.4, -0.2) is 9.55 Å². The van der Waals surface area contributed by atoms with E-state index in [0.29, 0.717) is 5.56 Å². The highest BCUT2D eigenvalue weighted by Crippen LogP contribution is 2.41. The van der Waals surface area contributed by atoms with E-state index in [-0.39, 0.29) is 0 Å². The SMILES string of the molecule is N#Cc1ccc2c3ccc(-c4ccc5cc(-c6cc7ccc8cc(-c9ccc(-c%10cccc%11cccnc%10%11)cc9)cc9ccc(c6)c7c89)ccc5c4)cc3n(-c3ccccc3)c2c1. The van der Waals surface area contributed by atoms with Crippen LogP contribution < -0.4 is 0 Å². The molecule has 0 N–H and O–H groups in total. The largest absolute Gasteiger partial charge is 0.309 e. The lowest BCUT2D eigenvalue weighted by Crippen LogP contribution is -1.93. The van der Waals surface area contributed by atoms with Gasteiger partial charge in [0, 0.05) is 33.6 Å². The monoisotopic (exact) mass is 797 g/mol. The van der Waals surface area contributed by atoms with Crippen LogP contribution in [0.3, 0.4) is 0 Å². The van der Waals surface area contributed by atoms with Gasteiger partial charge in [0.05, 0.1) is 28.2 Å². The minimum Gasteiger partial charge on any atom is -0.309 e. The molecular formula is C60H35N3. The first kappa shape index (κ1) is 35.2. The van der Waals surface area contributed by atoms with Gasteiger partial charge >= 0.3 is 0 Å². The van der Waals surface area contributed by atoms with Gasteiger partial charge in [-0.1, -0.05) is 133 Å². The Hall–Kier alpha value is -8.58. The quantitative estimate of drug-likeness (QED) is 0.163. The molecule has 11 aromatic carbocycles. The van der Waals surface area contributed by atoms with Gasteiger partial charge in [0.25, 0.3) is 0 Å². The fraction of sp³-hybridized carbons (Fsp3) is 0. The molecule has 0 aliphatic heterocycles. The summed E-state index contributed by atoms with van der Waals surface area (Å²) in [5, 5.41) is 23.2. The Labute approximate surface area is 363 Å². The second-order valence-corrected chi connectivity index (χ2v) is 16.7. The molecule has 13 aromatic rings. The van der Waals surface area contributed by atoms with Gasteiger partial charge in [-0.3, -0.25) is 4.98 Å². The van der Waals surface area contributed by atoms with Crippen molar-refractivity contribution in [2.24, 2.45) is 0 Å². The molecular weight excluding hydrogens is 763 g/mol. The normalized spacial score (nSPS) is 11.8. The molecule has 3 heteroatoms. The zero-order chi connectivity index (χ0) is 41.6. The van der Waals surface area contributed by atoms with Crippen molar-refractivity contribution in [3.05, 3.63) is 218 Å². The van der Waals surface area contributed by atoms with E-state index in [9.17, 15) is 5.26 Å². The molecule has 63 heavy (non-hydrogen) atoms. The van der Waals surface area contributed by atoms with Gasteiger partial charge in [0.15, 0.2) is 0 Å². The molecule has 0 unspecified atom stereocenters. The average molecular weight is 798 g/mol. The number of aromatic nitrogens is 2. The van der Waals surface area contributed by atoms with Gasteiger partial charge in [0.1, 0.15) is 0 Å². The molecule has 0 saturated heterocycles. The Bertz CT molecular complexity index is 3950. The Morgan fingerprint density at radius 3 is 1.54 bits per heavy atom. The first-order chi connectivity index (χ1) is 31.1. The summed E-state index contributed by atoms with van der Waals surface area (Å²) in [6, 6.07) is 77.0. The highest BCUT2D eigenvalue weighted by Gasteiger charge is 2.16. The molecule has 0 radical (unpaired) electrons. The Morgan fingerprint density at radius 1 is 0.365 bits per heavy atom. The molecule has 0 spiro atoms. The van der Waals surface area contributed by atoms with Crippen LogP contribution in [0.2, 0.25) is 0 Å². The number of nitriles is 1. The number of benzene rings is 11. The molecule has 0 amide bonds. The van der Waals surface area contributed by atoms with Crippen LogP contribution in [0, 0.1) is 11.3 Å². The lowest BCUT2D eigenvalue weighted by Gasteiger charge is -2.15. The van der Waals surface area contributed by atoms with Crippen molar-refractivity contribution >= 4 is 75.8 Å². The van der Waals surface area contributed by atoms with Crippen molar-refractivity contribution in [1.29, 1.82) is 5.26 Å². The van der Waals surface area contributed by atoms with Crippen molar-refractivity contribution in [3.8, 4) is 56.3 Å². The third-order valence-corrected chi connectivity index (χ3v) is 13.1. The number of rotatable bonds is 5. The summed E-state index contributed by atoms with van der Waals surface area (Å²) in [7, 11) is 0. The fourth-order valence-electron chi connectivity index (χ4n) is 10.1. The molecule has 0 fully saturated rings. The minimum absolute atomic E-state index is 0.655. The number of pyridine rings is 1. The maximum Gasteiger partial charge on any atom is 0.0992 e. The molecule has 2 aromatic heterocycles. The second-order valence-electron chi connectivity index (χ2n) is 16.7. The van der Waals surface area contributed by atoms with Crippen molar-refractivity contribution in [2.45, 2.75) is 0 Å². The summed E-state index contributed by atoms with van der Waals surface area (Å²) >= 11 is 0. The molecule has 3 nitrogen and oxygen atoms in total. The number of nitrogens with zero attached hydrogens (tertiary/aromatic N) is 3. The molecule has 290 valence electrons. The molecule has 13 rings (SSSR count). The summed E-state index contributed by atoms with van der Waals surface area (Å²) in [6.07, 6.45) is 1.87. The van der Waals surface area contributed by atoms with Crippen LogP contribution in [0.4, 0.5) is 0 Å². The Kier molecular flexibility index (Phi) is 7.67. The van der Waals surface area contributed by atoms with Gasteiger partial charge in [-0.25, -0.2) is 0 Å². The average Bonchev–Trinajstić information content (AvgIpc) is 3.68. The lowest BCUT2D eigenvalue weighted by atomic mass is 9.89. The first-order valence-corrected chi connectivity index (χ1v) is 21.4. The van der Waals surface area contributed by atoms with E-state index in [0.717, 1.165) is 44.1 Å². The maximum absolute atomic E-state index is 9.72. The number of para-hydroxylation sites is 2. The zero-order valence-corrected chi connectivity index (χ0v) is 34.0. The number of hydrogen-bond donors (Lipinski definition) is 0. The Balaban J connectivity index is 0.836. The Morgan fingerprint density at radius 2 is 0.873 bits per heavy atom. The minimum atomic E-state index is 0.655. The summed E-state index contributed by atoms with van der Waals surface area (Å²) in [5.41, 5.74) is 14.4. The zero-order valence-electron chi connectivity index (χ0n) is 34.0. The van der Waals surface area contributed by atoms with Gasteiger partial charge in [0.2, 0.25) is 0 Å². The molecule has 0 saturated carbocycles. The molecule has 2 heterocycles. The van der Waals surface area contributed by atoms with Crippen LogP contribution in [0.15, 0.2) is 212 Å². The van der Waals surface area contributed by atoms with Crippen molar-refractivity contribution < 1.29 is 0 Å². The number of hydrogen-bond acceptors (Lipinski definition) is 2. The molecule has 0 aliphatic carbocycles. The number of fused-ring (bicyclic) bond motifs is 5. The highest BCUT2D eigenvalue weighted by molar-refractivity contribution is 6.24. The van der Waals surface area contributed by atoms with Crippen LogP contribution in [0.5, 0.6) is 0 Å². The topological polar surface area (TPSA) is 41.6 Å². The van der Waals surface area contributed by atoms with Crippen molar-refractivity contribution in [2.75, 3.05) is 0 Å². The molecule has 0 aliphatic rings. The van der Waals surface area contributed by atoms with Crippen LogP contribution >= 0.6 is 0 Å². The van der Waals surface area contributed by atoms with Gasteiger partial charge in [-0.2, -0.15) is 5.26 Å². The predicted molar refractivity (Wildman–Crippen MR) is 264 cm³/mol. The second kappa shape index (κ2) is 13.7. The third-order valence-electron chi connectivity index (χ3n) is 13.1. The van der Waals surface area contributed by atoms with Gasteiger partial charge < -0.3 is 4.57 Å². The first-order valence-electron chi connectivity index (χ1n) is 21.4. The lowest BCUT2D eigenvalue weighted by molar-refractivity contribution is 1.18. The summed E-state index contributed by atoms with van der Waals surface area (Å²) in [5.74, 6) is 0.